The number of hydrogen-bond donors (Lipinski definition) is 0. The molecule has 1 aromatic carbocycles. The Kier molecular flexibility index (Phi) is 1.06. The summed E-state index contributed by atoms with van der Waals surface area (Å²) >= 11 is 3.15. The van der Waals surface area contributed by atoms with Gasteiger partial charge < -0.3 is 0 Å². The molecule has 0 fully saturated rings. The van der Waals surface area contributed by atoms with Crippen LogP contribution in [0, 0.1) is 5.82 Å². The predicted octanol–water partition coefficient (Wildman–Crippen LogP) is 2.47. The van der Waals surface area contributed by atoms with Crippen molar-refractivity contribution in [1.29, 1.82) is 0 Å². The van der Waals surface area contributed by atoms with Gasteiger partial charge in [0.2, 0.25) is 0 Å². The summed E-state index contributed by atoms with van der Waals surface area (Å²) in [5, 5.41) is 4.37. The molecule has 2 aromatic rings. The molecule has 0 radical (unpaired) electrons. The number of halogens is 2. The molecule has 0 aliphatic rings. The molecule has 2 nitrogen and oxygen atoms in total. The Hall–Kier alpha value is -0.900. The highest BCUT2D eigenvalue weighted by molar-refractivity contribution is 9.10. The first kappa shape index (κ1) is 4.97. The molecular formula is C8H6BrFN2. The van der Waals surface area contributed by atoms with E-state index < -0.39 is 12.8 Å². The number of benzene rings is 1. The van der Waals surface area contributed by atoms with Crippen LogP contribution in [0.5, 0.6) is 0 Å². The molecule has 0 spiro atoms. The van der Waals surface area contributed by atoms with Crippen LogP contribution in [0.25, 0.3) is 10.9 Å². The molecule has 62 valence electrons. The first-order chi connectivity index (χ1) is 6.88. The lowest BCUT2D eigenvalue weighted by atomic mass is 10.2. The van der Waals surface area contributed by atoms with Gasteiger partial charge >= 0.3 is 0 Å². The van der Waals surface area contributed by atoms with Crippen molar-refractivity contribution in [3.63, 3.8) is 0 Å². The van der Waals surface area contributed by atoms with Gasteiger partial charge in [-0.25, -0.2) is 4.39 Å². The molecule has 12 heavy (non-hydrogen) atoms. The molecular weight excluding hydrogens is 223 g/mol. The van der Waals surface area contributed by atoms with Crippen LogP contribution in [0.1, 0.15) is 4.11 Å². The van der Waals surface area contributed by atoms with E-state index >= 15 is 0 Å². The third-order valence-corrected chi connectivity index (χ3v) is 2.20. The summed E-state index contributed by atoms with van der Waals surface area (Å²) in [5.74, 6) is -0.454. The highest BCUT2D eigenvalue weighted by Gasteiger charge is 2.04. The van der Waals surface area contributed by atoms with E-state index in [1.165, 1.54) is 18.3 Å². The number of aryl methyl sites for hydroxylation is 1. The van der Waals surface area contributed by atoms with E-state index in [2.05, 4.69) is 21.0 Å². The van der Waals surface area contributed by atoms with Crippen molar-refractivity contribution >= 4 is 26.8 Å². The minimum absolute atomic E-state index is 0.318. The molecule has 0 aliphatic carbocycles. The van der Waals surface area contributed by atoms with Gasteiger partial charge in [-0.05, 0) is 22.0 Å². The quantitative estimate of drug-likeness (QED) is 0.682. The van der Waals surface area contributed by atoms with E-state index in [0.29, 0.717) is 15.4 Å². The topological polar surface area (TPSA) is 17.8 Å². The van der Waals surface area contributed by atoms with Crippen LogP contribution in [0.4, 0.5) is 4.39 Å². The van der Waals surface area contributed by atoms with Gasteiger partial charge in [-0.2, -0.15) is 5.10 Å². The Morgan fingerprint density at radius 1 is 1.67 bits per heavy atom. The molecule has 0 bridgehead atoms. The van der Waals surface area contributed by atoms with E-state index in [4.69, 9.17) is 4.11 Å². The maximum Gasteiger partial charge on any atom is 0.126 e. The fraction of sp³-hybridized carbons (Fsp3) is 0.125. The predicted molar refractivity (Wildman–Crippen MR) is 48.4 cm³/mol. The van der Waals surface area contributed by atoms with Crippen LogP contribution in [0.15, 0.2) is 22.8 Å². The maximum absolute atomic E-state index is 13.0. The first-order valence-electron chi connectivity index (χ1n) is 4.73. The maximum atomic E-state index is 13.0. The minimum Gasteiger partial charge on any atom is -0.275 e. The van der Waals surface area contributed by atoms with Gasteiger partial charge in [-0.3, -0.25) is 4.68 Å². The minimum atomic E-state index is -2.34. The van der Waals surface area contributed by atoms with Crippen molar-refractivity contribution in [1.82, 2.24) is 9.78 Å². The molecule has 1 heterocycles. The zero-order valence-electron chi connectivity index (χ0n) is 8.88. The largest absolute Gasteiger partial charge is 0.275 e. The lowest BCUT2D eigenvalue weighted by Gasteiger charge is -1.91. The summed E-state index contributed by atoms with van der Waals surface area (Å²) in [6, 6.07) is 2.47. The van der Waals surface area contributed by atoms with Crippen LogP contribution in [-0.2, 0) is 6.98 Å². The van der Waals surface area contributed by atoms with E-state index in [1.54, 1.807) is 0 Å². The average Bonchev–Trinajstić information content (AvgIpc) is 2.46. The molecule has 0 aliphatic heterocycles. The molecule has 0 saturated heterocycles. The third-order valence-electron chi connectivity index (χ3n) is 1.54. The first-order valence-corrected chi connectivity index (χ1v) is 4.02. The van der Waals surface area contributed by atoms with Crippen molar-refractivity contribution in [3.05, 3.63) is 28.6 Å². The summed E-state index contributed by atoms with van der Waals surface area (Å²) in [5.41, 5.74) is 0.318. The normalized spacial score (nSPS) is 15.7. The number of rotatable bonds is 0. The zero-order valence-corrected chi connectivity index (χ0v) is 7.47. The second kappa shape index (κ2) is 2.55. The van der Waals surface area contributed by atoms with Crippen LogP contribution in [0.2, 0.25) is 0 Å². The second-order valence-electron chi connectivity index (χ2n) is 2.39. The van der Waals surface area contributed by atoms with Crippen LogP contribution in [0.3, 0.4) is 0 Å². The Bertz CT molecular complexity index is 520. The van der Waals surface area contributed by atoms with E-state index in [9.17, 15) is 4.39 Å². The van der Waals surface area contributed by atoms with E-state index in [1.807, 2.05) is 0 Å². The Morgan fingerprint density at radius 2 is 2.50 bits per heavy atom. The van der Waals surface area contributed by atoms with Crippen LogP contribution >= 0.6 is 15.9 Å². The molecule has 0 atom stereocenters. The Morgan fingerprint density at radius 3 is 3.25 bits per heavy atom. The molecule has 4 heteroatoms. The van der Waals surface area contributed by atoms with Crippen molar-refractivity contribution in [2.45, 2.75) is 0 Å². The Labute approximate surface area is 81.3 Å². The van der Waals surface area contributed by atoms with Gasteiger partial charge in [0, 0.05) is 33.2 Å². The zero-order chi connectivity index (χ0) is 11.2. The smallest absolute Gasteiger partial charge is 0.126 e. The van der Waals surface area contributed by atoms with Gasteiger partial charge in [0.25, 0.3) is 0 Å². The molecule has 0 saturated carbocycles. The fourth-order valence-electron chi connectivity index (χ4n) is 1.05. The van der Waals surface area contributed by atoms with Gasteiger partial charge in [-0.15, -0.1) is 0 Å². The van der Waals surface area contributed by atoms with Crippen molar-refractivity contribution < 1.29 is 8.50 Å². The summed E-state index contributed by atoms with van der Waals surface area (Å²) in [6.45, 7) is -2.34. The fourth-order valence-corrected chi connectivity index (χ4v) is 1.57. The number of fused-ring (bicyclic) bond motifs is 1. The number of nitrogens with zero attached hydrogens (tertiary/aromatic N) is 2. The van der Waals surface area contributed by atoms with Crippen molar-refractivity contribution in [2.75, 3.05) is 0 Å². The molecule has 1 aromatic heterocycles. The lowest BCUT2D eigenvalue weighted by molar-refractivity contribution is 0.628. The van der Waals surface area contributed by atoms with Gasteiger partial charge in [0.15, 0.2) is 0 Å². The summed E-state index contributed by atoms with van der Waals surface area (Å²) in [4.78, 5) is 0. The summed E-state index contributed by atoms with van der Waals surface area (Å²) < 4.78 is 35.8. The average molecular weight is 232 g/mol. The lowest BCUT2D eigenvalue weighted by Crippen LogP contribution is -1.84. The Balaban J connectivity index is 2.71. The van der Waals surface area contributed by atoms with Gasteiger partial charge in [0.1, 0.15) is 5.82 Å². The molecule has 0 amide bonds. The SMILES string of the molecule is [2H]C([2H])([2H])n1cc2c(Br)cc(F)cc2n1. The third kappa shape index (κ3) is 1.12. The number of hydrogen-bond acceptors (Lipinski definition) is 1. The van der Waals surface area contributed by atoms with Crippen LogP contribution < -0.4 is 0 Å². The van der Waals surface area contributed by atoms with Crippen molar-refractivity contribution in [2.24, 2.45) is 6.98 Å². The van der Waals surface area contributed by atoms with Crippen LogP contribution in [-0.4, -0.2) is 9.78 Å². The number of aromatic nitrogens is 2. The van der Waals surface area contributed by atoms with Crippen molar-refractivity contribution in [3.8, 4) is 0 Å². The molecule has 0 N–H and O–H groups in total. The van der Waals surface area contributed by atoms with E-state index in [0.717, 1.165) is 4.68 Å². The summed E-state index contributed by atoms with van der Waals surface area (Å²) in [6.07, 6.45) is 1.37. The standard InChI is InChI=1S/C8H6BrFN2/c1-12-4-6-7(9)2-5(10)3-8(6)11-12/h2-4H,1H3/i1D3. The monoisotopic (exact) mass is 231 g/mol. The second-order valence-corrected chi connectivity index (χ2v) is 3.25. The summed E-state index contributed by atoms with van der Waals surface area (Å²) in [7, 11) is 0. The highest BCUT2D eigenvalue weighted by Crippen LogP contribution is 2.23. The molecule has 0 unspecified atom stereocenters. The van der Waals surface area contributed by atoms with E-state index in [-0.39, 0.29) is 0 Å². The highest BCUT2D eigenvalue weighted by atomic mass is 79.9. The van der Waals surface area contributed by atoms with Gasteiger partial charge in [0.05, 0.1) is 5.52 Å². The van der Waals surface area contributed by atoms with Gasteiger partial charge in [-0.1, -0.05) is 0 Å². The molecule has 2 rings (SSSR count).